The summed E-state index contributed by atoms with van der Waals surface area (Å²) in [7, 11) is 0. The summed E-state index contributed by atoms with van der Waals surface area (Å²) in [6.45, 7) is 6.71. The molecule has 0 N–H and O–H groups in total. The molecule has 0 saturated carbocycles. The van der Waals surface area contributed by atoms with Crippen LogP contribution in [-0.4, -0.2) is 74.7 Å². The van der Waals surface area contributed by atoms with Gasteiger partial charge in [-0.1, -0.05) is 24.3 Å². The molecular weight excluding hydrogens is 446 g/mol. The van der Waals surface area contributed by atoms with Crippen LogP contribution in [0, 0.1) is 0 Å². The molecule has 0 aliphatic carbocycles. The zero-order valence-corrected chi connectivity index (χ0v) is 21.2. The van der Waals surface area contributed by atoms with E-state index in [-0.39, 0.29) is 0 Å². The molecule has 10 heteroatoms. The van der Waals surface area contributed by atoms with E-state index in [9.17, 15) is 0 Å². The molecule has 0 amide bonds. The number of hydrogen-bond donors (Lipinski definition) is 0. The van der Waals surface area contributed by atoms with Crippen LogP contribution in [0.5, 0.6) is 11.5 Å². The van der Waals surface area contributed by atoms with Crippen LogP contribution in [0.4, 0.5) is 0 Å². The van der Waals surface area contributed by atoms with Crippen molar-refractivity contribution in [2.24, 2.45) is 0 Å². The first-order valence-corrected chi connectivity index (χ1v) is 12.7. The Morgan fingerprint density at radius 2 is 0.971 bits per heavy atom. The molecule has 0 unspecified atom stereocenters. The van der Waals surface area contributed by atoms with Gasteiger partial charge >= 0.3 is 13.8 Å². The zero-order valence-electron chi connectivity index (χ0n) is 21.2. The number of fused-ring (bicyclic) bond motifs is 2. The summed E-state index contributed by atoms with van der Waals surface area (Å²) in [4.78, 5) is 0. The lowest BCUT2D eigenvalue weighted by atomic mass is 9.89. The van der Waals surface area contributed by atoms with Crippen LogP contribution in [-0.2, 0) is 18.6 Å². The first-order chi connectivity index (χ1) is 17.1. The fourth-order valence-corrected chi connectivity index (χ4v) is 4.72. The summed E-state index contributed by atoms with van der Waals surface area (Å²) in [5, 5.41) is 0. The van der Waals surface area contributed by atoms with E-state index in [4.69, 9.17) is 27.9 Å². The number of hydrogen-bond acceptors (Lipinski definition) is 6. The Labute approximate surface area is 208 Å². The second-order valence-corrected chi connectivity index (χ2v) is 8.43. The second kappa shape index (κ2) is 11.4. The molecule has 8 nitrogen and oxygen atoms in total. The van der Waals surface area contributed by atoms with Crippen LogP contribution in [0.2, 0.25) is 0 Å². The fourth-order valence-electron chi connectivity index (χ4n) is 4.72. The smallest absolute Gasteiger partial charge is 0.606 e. The summed E-state index contributed by atoms with van der Waals surface area (Å²) in [6.07, 6.45) is 4.90. The zero-order chi connectivity index (χ0) is 24.7. The molecule has 35 heavy (non-hydrogen) atoms. The van der Waals surface area contributed by atoms with Crippen LogP contribution in [0.3, 0.4) is 0 Å². The van der Waals surface area contributed by atoms with E-state index < -0.39 is 13.8 Å². The number of rotatable bonds is 12. The quantitative estimate of drug-likeness (QED) is 0.433. The molecule has 0 bridgehead atoms. The van der Waals surface area contributed by atoms with Crippen LogP contribution < -0.4 is 9.31 Å². The van der Waals surface area contributed by atoms with E-state index >= 15 is 0 Å². The van der Waals surface area contributed by atoms with Crippen molar-refractivity contribution in [2.45, 2.75) is 34.1 Å². The Morgan fingerprint density at radius 3 is 1.34 bits per heavy atom. The van der Waals surface area contributed by atoms with Crippen LogP contribution in [0.1, 0.15) is 45.2 Å². The van der Waals surface area contributed by atoms with E-state index in [0.717, 1.165) is 29.0 Å². The van der Waals surface area contributed by atoms with Gasteiger partial charge in [0.1, 0.15) is 25.5 Å². The molecule has 0 saturated heterocycles. The maximum atomic E-state index is 6.34. The molecule has 0 fully saturated rings. The Balaban J connectivity index is 1.60. The summed E-state index contributed by atoms with van der Waals surface area (Å²) in [5.41, 5.74) is 1.99. The van der Waals surface area contributed by atoms with Crippen molar-refractivity contribution in [3.63, 3.8) is 0 Å². The van der Waals surface area contributed by atoms with Gasteiger partial charge in [0.15, 0.2) is 0 Å². The highest BCUT2D eigenvalue weighted by molar-refractivity contribution is 6.54. The van der Waals surface area contributed by atoms with Gasteiger partial charge in [0.05, 0.1) is 29.0 Å². The molecular formula is C25H36B2N2O6. The number of benzene rings is 2. The predicted molar refractivity (Wildman–Crippen MR) is 137 cm³/mol. The molecule has 0 aromatic heterocycles. The van der Waals surface area contributed by atoms with Gasteiger partial charge in [-0.2, -0.15) is 0 Å². The molecule has 0 spiro atoms. The summed E-state index contributed by atoms with van der Waals surface area (Å²) in [6, 6.07) is 15.8. The van der Waals surface area contributed by atoms with Crippen molar-refractivity contribution >= 4 is 26.2 Å². The number of para-hydroxylation sites is 2. The summed E-state index contributed by atoms with van der Waals surface area (Å²) >= 11 is 0. The van der Waals surface area contributed by atoms with E-state index in [0.29, 0.717) is 39.5 Å². The first kappa shape index (κ1) is 25.4. The Morgan fingerprint density at radius 1 is 0.600 bits per heavy atom. The normalized spacial score (nSPS) is 17.4. The molecule has 2 aromatic carbocycles. The largest absolute Gasteiger partial charge is 0.754 e. The maximum Gasteiger partial charge on any atom is 0.754 e. The number of nitrogens with zero attached hydrogens (tertiary/aromatic N) is 2. The van der Waals surface area contributed by atoms with Gasteiger partial charge < -0.3 is 36.9 Å². The van der Waals surface area contributed by atoms with Gasteiger partial charge in [0, 0.05) is 26.4 Å². The summed E-state index contributed by atoms with van der Waals surface area (Å²) < 4.78 is 41.2. The van der Waals surface area contributed by atoms with Crippen molar-refractivity contribution in [1.82, 2.24) is 0 Å². The van der Waals surface area contributed by atoms with E-state index in [1.807, 2.05) is 85.2 Å². The Hall–Kier alpha value is -2.65. The molecule has 2 aliphatic heterocycles. The Bertz CT molecular complexity index is 982. The molecule has 2 aromatic rings. The van der Waals surface area contributed by atoms with E-state index in [1.54, 1.807) is 0 Å². The second-order valence-electron chi connectivity index (χ2n) is 8.43. The lowest BCUT2D eigenvalue weighted by molar-refractivity contribution is -0.483. The van der Waals surface area contributed by atoms with Gasteiger partial charge in [-0.15, -0.1) is 0 Å². The predicted octanol–water partition coefficient (Wildman–Crippen LogP) is 3.44. The van der Waals surface area contributed by atoms with Gasteiger partial charge in [-0.3, -0.25) is 0 Å². The summed E-state index contributed by atoms with van der Waals surface area (Å²) in [5.74, 6) is 1.52. The van der Waals surface area contributed by atoms with Crippen molar-refractivity contribution in [3.05, 3.63) is 59.7 Å². The molecule has 0 atom stereocenters. The average molecular weight is 482 g/mol. The van der Waals surface area contributed by atoms with E-state index in [2.05, 4.69) is 12.4 Å². The highest BCUT2D eigenvalue weighted by Crippen LogP contribution is 2.28. The van der Waals surface area contributed by atoms with Crippen molar-refractivity contribution in [1.29, 1.82) is 0 Å². The van der Waals surface area contributed by atoms with Crippen LogP contribution in [0.15, 0.2) is 48.5 Å². The maximum absolute atomic E-state index is 6.34. The molecule has 188 valence electrons. The first-order valence-electron chi connectivity index (χ1n) is 12.7. The van der Waals surface area contributed by atoms with Gasteiger partial charge in [0.25, 0.3) is 0 Å². The Kier molecular flexibility index (Phi) is 8.28. The molecule has 2 heterocycles. The average Bonchev–Trinajstić information content (AvgIpc) is 2.85. The van der Waals surface area contributed by atoms with Crippen LogP contribution in [0.25, 0.3) is 0 Å². The van der Waals surface area contributed by atoms with Crippen molar-refractivity contribution in [2.75, 3.05) is 39.5 Å². The van der Waals surface area contributed by atoms with Gasteiger partial charge in [0.2, 0.25) is 0 Å². The lowest BCUT2D eigenvalue weighted by Gasteiger charge is -2.40. The third-order valence-corrected chi connectivity index (χ3v) is 6.15. The minimum Gasteiger partial charge on any atom is -0.606 e. The monoisotopic (exact) mass is 482 g/mol. The molecule has 0 radical (unpaired) electrons. The van der Waals surface area contributed by atoms with Gasteiger partial charge in [-0.25, -0.2) is 0 Å². The fraction of sp³-hybridized carbons (Fsp3) is 0.440. The minimum absolute atomic E-state index is 0.470. The van der Waals surface area contributed by atoms with Crippen LogP contribution >= 0.6 is 0 Å². The topological polar surface area (TPSA) is 61.4 Å². The molecule has 2 aliphatic rings. The third kappa shape index (κ3) is 5.30. The minimum atomic E-state index is -2.12. The highest BCUT2D eigenvalue weighted by Gasteiger charge is 2.52. The third-order valence-electron chi connectivity index (χ3n) is 6.15. The van der Waals surface area contributed by atoms with E-state index in [1.165, 1.54) is 0 Å². The lowest BCUT2D eigenvalue weighted by Crippen LogP contribution is -2.63. The van der Waals surface area contributed by atoms with Crippen molar-refractivity contribution < 1.29 is 36.9 Å². The molecule has 4 rings (SSSR count). The SMILES string of the molecule is CCO[B-]1(OCC)Oc2ccccc2C=[N+]1CCC[N+]1=Cc2ccccc2O[B-]1(OCC)OCC. The highest BCUT2D eigenvalue weighted by atomic mass is 16.8. The van der Waals surface area contributed by atoms with Gasteiger partial charge in [-0.05, 0) is 52.0 Å². The van der Waals surface area contributed by atoms with Crippen molar-refractivity contribution in [3.8, 4) is 11.5 Å². The standard InChI is InChI=1S/C25H36B2N2O6/c1-5-30-26(31-6-2)28(20-22-14-9-11-16-24(22)34-26)18-13-19-29-21-23-15-10-12-17-25(23)35-27(29,32-7-3)33-8-4/h9-12,14-17,20-21H,5-8,13,18-19H2,1-4H3.